The molecule has 2 aliphatic heterocycles. The molecule has 0 radical (unpaired) electrons. The number of alkyl halides is 1. The van der Waals surface area contributed by atoms with E-state index >= 15 is 4.39 Å². The third kappa shape index (κ3) is 7.38. The normalized spacial score (nSPS) is 18.3. The van der Waals surface area contributed by atoms with E-state index < -0.39 is 31.2 Å². The lowest BCUT2D eigenvalue weighted by molar-refractivity contribution is 0.0898. The number of fused-ring (bicyclic) bond motifs is 4. The molecule has 2 aromatic carbocycles. The second-order valence-electron chi connectivity index (χ2n) is 17.3. The van der Waals surface area contributed by atoms with Crippen molar-refractivity contribution in [3.05, 3.63) is 82.4 Å². The number of rotatable bonds is 13. The maximum absolute atomic E-state index is 15.8. The number of hydrogen-bond donors (Lipinski definition) is 2. The Balaban J connectivity index is 1.15. The van der Waals surface area contributed by atoms with Gasteiger partial charge in [-0.2, -0.15) is 9.97 Å². The molecule has 0 amide bonds. The van der Waals surface area contributed by atoms with Gasteiger partial charge < -0.3 is 28.9 Å². The second-order valence-corrected chi connectivity index (χ2v) is 22.9. The molecule has 2 atom stereocenters. The van der Waals surface area contributed by atoms with Crippen LogP contribution in [0.1, 0.15) is 30.4 Å². The summed E-state index contributed by atoms with van der Waals surface area (Å²) in [6.07, 6.45) is 6.43. The van der Waals surface area contributed by atoms with Crippen LogP contribution >= 0.6 is 0 Å². The summed E-state index contributed by atoms with van der Waals surface area (Å²) in [5, 5.41) is 24.3. The van der Waals surface area contributed by atoms with Crippen LogP contribution in [0.3, 0.4) is 0 Å². The zero-order chi connectivity index (χ0) is 41.9. The summed E-state index contributed by atoms with van der Waals surface area (Å²) < 4.78 is 52.6. The Morgan fingerprint density at radius 1 is 1.13 bits per heavy atom. The lowest BCUT2D eigenvalue weighted by Gasteiger charge is -2.30. The first-order valence-corrected chi connectivity index (χ1v) is 23.9. The maximum atomic E-state index is 15.8. The van der Waals surface area contributed by atoms with Crippen LogP contribution < -0.4 is 15.7 Å². The van der Waals surface area contributed by atoms with Gasteiger partial charge in [-0.3, -0.25) is 9.58 Å². The van der Waals surface area contributed by atoms with Gasteiger partial charge in [-0.15, -0.1) is 5.10 Å². The van der Waals surface area contributed by atoms with Crippen LogP contribution in [0, 0.1) is 12.7 Å². The highest BCUT2D eigenvalue weighted by Crippen LogP contribution is 2.43. The Morgan fingerprint density at radius 2 is 1.98 bits per heavy atom. The SMILES string of the molecule is Cc1c(-c2cc(O)cc3ccc(F)c(-c4cn(C)nn4)c23)oc(=O)c2c(NCc3cn(COCC[Si](C)(C)C)c4ncccc34)nc(OC[C@@]34CCCN3C[C@H](F)C4)nc12. The van der Waals surface area contributed by atoms with Gasteiger partial charge in [0, 0.05) is 81.1 Å². The average molecular weight is 836 g/mol. The van der Waals surface area contributed by atoms with Crippen molar-refractivity contribution >= 4 is 46.6 Å². The van der Waals surface area contributed by atoms with Crippen molar-refractivity contribution in [1.82, 2.24) is 39.4 Å². The lowest BCUT2D eigenvalue weighted by Crippen LogP contribution is -2.43. The fourth-order valence-electron chi connectivity index (χ4n) is 8.80. The monoisotopic (exact) mass is 835 g/mol. The molecule has 0 spiro atoms. The highest BCUT2D eigenvalue weighted by Gasteiger charge is 2.49. The second kappa shape index (κ2) is 15.4. The van der Waals surface area contributed by atoms with Gasteiger partial charge in [-0.25, -0.2) is 18.6 Å². The quantitative estimate of drug-likeness (QED) is 0.0868. The maximum Gasteiger partial charge on any atom is 0.349 e. The van der Waals surface area contributed by atoms with E-state index in [1.165, 1.54) is 22.9 Å². The van der Waals surface area contributed by atoms with Gasteiger partial charge in [0.15, 0.2) is 0 Å². The number of halogens is 2. The van der Waals surface area contributed by atoms with E-state index in [9.17, 15) is 14.3 Å². The van der Waals surface area contributed by atoms with Crippen LogP contribution in [0.4, 0.5) is 14.6 Å². The molecule has 2 aliphatic rings. The summed E-state index contributed by atoms with van der Waals surface area (Å²) in [5.74, 6) is -0.446. The van der Waals surface area contributed by atoms with Gasteiger partial charge in [-0.05, 0) is 73.6 Å². The standard InChI is InChI=1S/C43H47F2N9O5Si/c1-25-37-36(41(56)59-38(25)31-17-29(55)16-26-9-10-32(45)35(34(26)31)33-22-52(2)51-50-33)39(49-42(48-37)58-23-43-11-7-13-54(43)21-28(44)18-43)47-19-27-20-53(24-57-14-15-60(3,4)5)40-30(27)8-6-12-46-40/h6,8-10,12,16-17,20,22,28,55H,7,11,13-15,18-19,21,23-24H2,1-5H3,(H,47,48,49)/t28-,43+/m1/s1. The number of nitrogens with zero attached hydrogens (tertiary/aromatic N) is 8. The van der Waals surface area contributed by atoms with E-state index in [4.69, 9.17) is 23.9 Å². The molecule has 7 heterocycles. The summed E-state index contributed by atoms with van der Waals surface area (Å²) in [6, 6.07) is 10.7. The van der Waals surface area contributed by atoms with Gasteiger partial charge in [0.2, 0.25) is 0 Å². The van der Waals surface area contributed by atoms with E-state index in [0.29, 0.717) is 42.6 Å². The van der Waals surface area contributed by atoms with E-state index in [2.05, 4.69) is 45.2 Å². The molecule has 312 valence electrons. The predicted molar refractivity (Wildman–Crippen MR) is 227 cm³/mol. The van der Waals surface area contributed by atoms with Crippen LogP contribution in [-0.4, -0.2) is 90.6 Å². The van der Waals surface area contributed by atoms with E-state index in [-0.39, 0.29) is 64.2 Å². The number of nitrogens with one attached hydrogen (secondary N) is 1. The van der Waals surface area contributed by atoms with Crippen molar-refractivity contribution in [2.75, 3.05) is 31.6 Å². The van der Waals surface area contributed by atoms with Crippen molar-refractivity contribution in [1.29, 1.82) is 0 Å². The minimum absolute atomic E-state index is 0.000127. The Labute approximate surface area is 345 Å². The van der Waals surface area contributed by atoms with Crippen molar-refractivity contribution in [3.8, 4) is 34.3 Å². The van der Waals surface area contributed by atoms with E-state index in [1.807, 2.05) is 22.9 Å². The van der Waals surface area contributed by atoms with E-state index in [1.54, 1.807) is 32.4 Å². The summed E-state index contributed by atoms with van der Waals surface area (Å²) in [6.45, 7) is 11.2. The van der Waals surface area contributed by atoms with Crippen LogP contribution in [-0.2, 0) is 25.1 Å². The Morgan fingerprint density at radius 3 is 2.78 bits per heavy atom. The number of benzene rings is 2. The summed E-state index contributed by atoms with van der Waals surface area (Å²) in [4.78, 5) is 30.7. The first kappa shape index (κ1) is 39.7. The molecule has 17 heteroatoms. The Hall–Kier alpha value is -5.78. The molecular formula is C43H47F2N9O5Si. The first-order valence-electron chi connectivity index (χ1n) is 20.2. The Bertz CT molecular complexity index is 2840. The van der Waals surface area contributed by atoms with Gasteiger partial charge in [0.25, 0.3) is 0 Å². The van der Waals surface area contributed by atoms with Crippen LogP contribution in [0.25, 0.3) is 55.3 Å². The highest BCUT2D eigenvalue weighted by molar-refractivity contribution is 6.76. The molecule has 14 nitrogen and oxygen atoms in total. The highest BCUT2D eigenvalue weighted by atomic mass is 28.3. The zero-order valence-corrected chi connectivity index (χ0v) is 35.3. The van der Waals surface area contributed by atoms with Crippen LogP contribution in [0.15, 0.2) is 64.2 Å². The third-order valence-corrected chi connectivity index (χ3v) is 13.5. The van der Waals surface area contributed by atoms with E-state index in [0.717, 1.165) is 42.0 Å². The van der Waals surface area contributed by atoms with Crippen molar-refractivity contribution in [3.63, 3.8) is 0 Å². The van der Waals surface area contributed by atoms with Crippen LogP contribution in [0.2, 0.25) is 25.7 Å². The topological polar surface area (TPSA) is 158 Å². The number of hydrogen-bond acceptors (Lipinski definition) is 12. The minimum Gasteiger partial charge on any atom is -0.508 e. The minimum atomic E-state index is -1.28. The number of aromatic nitrogens is 7. The Kier molecular flexibility index (Phi) is 10.1. The predicted octanol–water partition coefficient (Wildman–Crippen LogP) is 7.58. The molecule has 2 saturated heterocycles. The lowest BCUT2D eigenvalue weighted by atomic mass is 9.93. The molecule has 7 aromatic rings. The molecule has 2 N–H and O–H groups in total. The molecule has 9 rings (SSSR count). The van der Waals surface area contributed by atoms with Gasteiger partial charge >= 0.3 is 11.6 Å². The largest absolute Gasteiger partial charge is 0.508 e. The number of ether oxygens (including phenoxy) is 2. The number of pyridine rings is 1. The van der Waals surface area contributed by atoms with Crippen molar-refractivity contribution in [2.45, 2.75) is 76.9 Å². The molecule has 5 aromatic heterocycles. The number of aromatic hydroxyl groups is 1. The van der Waals surface area contributed by atoms with Gasteiger partial charge in [0.1, 0.15) is 59.4 Å². The molecule has 60 heavy (non-hydrogen) atoms. The van der Waals surface area contributed by atoms with Crippen molar-refractivity contribution in [2.24, 2.45) is 7.05 Å². The molecule has 0 unspecified atom stereocenters. The average Bonchev–Trinajstić information content (AvgIpc) is 3.98. The van der Waals surface area contributed by atoms with Crippen molar-refractivity contribution < 1.29 is 27.8 Å². The third-order valence-electron chi connectivity index (χ3n) is 11.8. The zero-order valence-electron chi connectivity index (χ0n) is 34.3. The molecule has 0 saturated carbocycles. The number of phenolic OH excluding ortho intramolecular Hbond substituents is 1. The molecule has 0 aliphatic carbocycles. The number of aryl methyl sites for hydroxylation is 2. The fourth-order valence-corrected chi connectivity index (χ4v) is 9.56. The summed E-state index contributed by atoms with van der Waals surface area (Å²) in [5.41, 5.74) is 1.71. The summed E-state index contributed by atoms with van der Waals surface area (Å²) in [7, 11) is 0.400. The summed E-state index contributed by atoms with van der Waals surface area (Å²) >= 11 is 0. The molecular weight excluding hydrogens is 789 g/mol. The number of anilines is 1. The van der Waals surface area contributed by atoms with Gasteiger partial charge in [0.05, 0.1) is 17.3 Å². The molecule has 2 fully saturated rings. The van der Waals surface area contributed by atoms with Crippen LogP contribution in [0.5, 0.6) is 11.8 Å². The fraction of sp³-hybridized carbons (Fsp3) is 0.395. The van der Waals surface area contributed by atoms with Gasteiger partial charge in [-0.1, -0.05) is 30.9 Å². The molecule has 0 bridgehead atoms. The number of phenols is 1. The first-order chi connectivity index (χ1) is 28.8. The smallest absolute Gasteiger partial charge is 0.349 e.